The minimum Gasteiger partial charge on any atom is -0.266 e. The highest BCUT2D eigenvalue weighted by Crippen LogP contribution is 2.06. The smallest absolute Gasteiger partial charge is 0.247 e. The molecule has 1 heterocycles. The van der Waals surface area contributed by atoms with Crippen LogP contribution in [0.15, 0.2) is 18.2 Å². The van der Waals surface area contributed by atoms with E-state index in [9.17, 15) is 12.8 Å². The number of hydrogen-bond acceptors (Lipinski definition) is 3. The van der Waals surface area contributed by atoms with Crippen LogP contribution in [0, 0.1) is 5.95 Å². The van der Waals surface area contributed by atoms with E-state index in [4.69, 9.17) is 11.6 Å². The number of sulfonamides is 1. The average Bonchev–Trinajstić information content (AvgIpc) is 2.03. The highest BCUT2D eigenvalue weighted by Gasteiger charge is 2.08. The maximum Gasteiger partial charge on any atom is 0.247 e. The van der Waals surface area contributed by atoms with Crippen LogP contribution in [0.4, 0.5) is 10.2 Å². The quantitative estimate of drug-likeness (QED) is 0.619. The SMILES string of the molecule is O=S(=O)(CCl)Nc1cccc(F)n1. The molecule has 0 fully saturated rings. The number of nitrogens with zero attached hydrogens (tertiary/aromatic N) is 1. The van der Waals surface area contributed by atoms with Gasteiger partial charge < -0.3 is 0 Å². The van der Waals surface area contributed by atoms with Gasteiger partial charge >= 0.3 is 0 Å². The van der Waals surface area contributed by atoms with E-state index >= 15 is 0 Å². The van der Waals surface area contributed by atoms with Gasteiger partial charge in [0.15, 0.2) is 0 Å². The van der Waals surface area contributed by atoms with Crippen molar-refractivity contribution in [3.63, 3.8) is 0 Å². The third-order valence-corrected chi connectivity index (χ3v) is 2.79. The highest BCUT2D eigenvalue weighted by molar-refractivity contribution is 7.93. The van der Waals surface area contributed by atoms with Crippen LogP contribution >= 0.6 is 11.6 Å². The van der Waals surface area contributed by atoms with Crippen LogP contribution in [0.5, 0.6) is 0 Å². The first kappa shape index (κ1) is 10.2. The van der Waals surface area contributed by atoms with Crippen molar-refractivity contribution in [1.29, 1.82) is 0 Å². The van der Waals surface area contributed by atoms with Crippen LogP contribution in [0.2, 0.25) is 0 Å². The van der Waals surface area contributed by atoms with Gasteiger partial charge in [-0.25, -0.2) is 13.4 Å². The summed E-state index contributed by atoms with van der Waals surface area (Å²) in [5, 5.41) is -0.592. The molecule has 0 amide bonds. The van der Waals surface area contributed by atoms with Gasteiger partial charge in [-0.2, -0.15) is 4.39 Å². The number of rotatable bonds is 3. The Morgan fingerprint density at radius 1 is 1.54 bits per heavy atom. The number of halogens is 2. The maximum atomic E-state index is 12.5. The molecule has 7 heteroatoms. The molecule has 0 saturated heterocycles. The van der Waals surface area contributed by atoms with Crippen molar-refractivity contribution in [3.8, 4) is 0 Å². The summed E-state index contributed by atoms with van der Waals surface area (Å²) in [4.78, 5) is 3.29. The van der Waals surface area contributed by atoms with Crippen LogP contribution in [0.25, 0.3) is 0 Å². The molecule has 0 bridgehead atoms. The van der Waals surface area contributed by atoms with Gasteiger partial charge in [0, 0.05) is 0 Å². The summed E-state index contributed by atoms with van der Waals surface area (Å²) in [5.41, 5.74) is 0. The van der Waals surface area contributed by atoms with Crippen molar-refractivity contribution in [1.82, 2.24) is 4.98 Å². The standard InChI is InChI=1S/C6H6ClFN2O2S/c7-4-13(11,12)10-6-3-1-2-5(8)9-6/h1-3H,4H2,(H,9,10). The van der Waals surface area contributed by atoms with Crippen molar-refractivity contribution < 1.29 is 12.8 Å². The zero-order chi connectivity index (χ0) is 9.90. The van der Waals surface area contributed by atoms with Crippen LogP contribution in [-0.2, 0) is 10.0 Å². The number of aromatic nitrogens is 1. The summed E-state index contributed by atoms with van der Waals surface area (Å²) in [6, 6.07) is 3.78. The molecule has 0 unspecified atom stereocenters. The summed E-state index contributed by atoms with van der Waals surface area (Å²) in [6.07, 6.45) is 0. The third-order valence-electron chi connectivity index (χ3n) is 1.12. The molecule has 0 aliphatic rings. The Bertz CT molecular complexity index is 395. The van der Waals surface area contributed by atoms with Crippen molar-refractivity contribution in [2.45, 2.75) is 0 Å². The Labute approximate surface area is 79.8 Å². The Balaban J connectivity index is 2.87. The molecule has 4 nitrogen and oxygen atoms in total. The van der Waals surface area contributed by atoms with E-state index < -0.39 is 21.2 Å². The highest BCUT2D eigenvalue weighted by atomic mass is 35.5. The van der Waals surface area contributed by atoms with Crippen LogP contribution in [-0.4, -0.2) is 18.6 Å². The molecular weight excluding hydrogens is 219 g/mol. The summed E-state index contributed by atoms with van der Waals surface area (Å²) < 4.78 is 36.2. The predicted molar refractivity (Wildman–Crippen MR) is 47.5 cm³/mol. The zero-order valence-electron chi connectivity index (χ0n) is 6.37. The Hall–Kier alpha value is -0.880. The van der Waals surface area contributed by atoms with Crippen LogP contribution in [0.3, 0.4) is 0 Å². The molecule has 0 spiro atoms. The number of alkyl halides is 1. The third kappa shape index (κ3) is 3.16. The van der Waals surface area contributed by atoms with Gasteiger partial charge in [0.1, 0.15) is 11.0 Å². The topological polar surface area (TPSA) is 59.1 Å². The fraction of sp³-hybridized carbons (Fsp3) is 0.167. The van der Waals surface area contributed by atoms with E-state index in [0.717, 1.165) is 6.07 Å². The normalized spacial score (nSPS) is 11.2. The summed E-state index contributed by atoms with van der Waals surface area (Å²) >= 11 is 5.11. The van der Waals surface area contributed by atoms with E-state index in [0.29, 0.717) is 0 Å². The van der Waals surface area contributed by atoms with Gasteiger partial charge in [0.05, 0.1) is 0 Å². The predicted octanol–water partition coefficient (Wildman–Crippen LogP) is 1.16. The largest absolute Gasteiger partial charge is 0.266 e. The Kier molecular flexibility index (Phi) is 3.05. The lowest BCUT2D eigenvalue weighted by atomic mass is 10.5. The van der Waals surface area contributed by atoms with Gasteiger partial charge in [-0.3, -0.25) is 4.72 Å². The molecule has 1 aromatic rings. The molecule has 0 radical (unpaired) electrons. The molecule has 0 atom stereocenters. The van der Waals surface area contributed by atoms with E-state index in [1.165, 1.54) is 12.1 Å². The average molecular weight is 225 g/mol. The molecule has 1 rings (SSSR count). The first-order valence-corrected chi connectivity index (χ1v) is 5.41. The van der Waals surface area contributed by atoms with E-state index in [2.05, 4.69) is 4.98 Å². The Morgan fingerprint density at radius 3 is 2.77 bits per heavy atom. The first-order valence-electron chi connectivity index (χ1n) is 3.22. The van der Waals surface area contributed by atoms with Crippen molar-refractivity contribution in [2.75, 3.05) is 9.93 Å². The van der Waals surface area contributed by atoms with Gasteiger partial charge in [-0.1, -0.05) is 6.07 Å². The van der Waals surface area contributed by atoms with Crippen LogP contribution in [0.1, 0.15) is 0 Å². The van der Waals surface area contributed by atoms with Crippen LogP contribution < -0.4 is 4.72 Å². The van der Waals surface area contributed by atoms with E-state index in [1.54, 1.807) is 0 Å². The van der Waals surface area contributed by atoms with Gasteiger partial charge in [0.2, 0.25) is 16.0 Å². The fourth-order valence-corrected chi connectivity index (χ4v) is 1.30. The van der Waals surface area contributed by atoms with Crippen molar-refractivity contribution >= 4 is 27.4 Å². The first-order chi connectivity index (χ1) is 6.03. The fourth-order valence-electron chi connectivity index (χ4n) is 0.652. The van der Waals surface area contributed by atoms with Gasteiger partial charge in [0.25, 0.3) is 0 Å². The molecule has 1 aromatic heterocycles. The second kappa shape index (κ2) is 3.89. The number of anilines is 1. The summed E-state index contributed by atoms with van der Waals surface area (Å²) in [7, 11) is -3.60. The zero-order valence-corrected chi connectivity index (χ0v) is 7.94. The maximum absolute atomic E-state index is 12.5. The molecule has 0 aliphatic heterocycles. The molecule has 1 N–H and O–H groups in total. The monoisotopic (exact) mass is 224 g/mol. The van der Waals surface area contributed by atoms with Gasteiger partial charge in [-0.15, -0.1) is 11.6 Å². The summed E-state index contributed by atoms with van der Waals surface area (Å²) in [6.45, 7) is 0. The van der Waals surface area contributed by atoms with Crippen molar-refractivity contribution in [3.05, 3.63) is 24.1 Å². The lowest BCUT2D eigenvalue weighted by molar-refractivity contribution is 0.585. The second-order valence-electron chi connectivity index (χ2n) is 2.17. The van der Waals surface area contributed by atoms with E-state index in [1.807, 2.05) is 4.72 Å². The number of nitrogens with one attached hydrogen (secondary N) is 1. The lowest BCUT2D eigenvalue weighted by Crippen LogP contribution is -2.14. The molecule has 72 valence electrons. The molecule has 0 aromatic carbocycles. The Morgan fingerprint density at radius 2 is 2.23 bits per heavy atom. The molecule has 0 saturated carbocycles. The minimum atomic E-state index is -3.60. The number of pyridine rings is 1. The van der Waals surface area contributed by atoms with E-state index in [-0.39, 0.29) is 5.82 Å². The molecule has 0 aliphatic carbocycles. The molecule has 13 heavy (non-hydrogen) atoms. The van der Waals surface area contributed by atoms with Gasteiger partial charge in [-0.05, 0) is 12.1 Å². The second-order valence-corrected chi connectivity index (χ2v) is 4.48. The molecular formula is C6H6ClFN2O2S. The lowest BCUT2D eigenvalue weighted by Gasteiger charge is -2.02. The summed E-state index contributed by atoms with van der Waals surface area (Å²) in [5.74, 6) is -0.838. The number of hydrogen-bond donors (Lipinski definition) is 1. The minimum absolute atomic E-state index is 0.0827. The van der Waals surface area contributed by atoms with Crippen molar-refractivity contribution in [2.24, 2.45) is 0 Å².